The number of benzene rings is 1. The molecule has 0 heterocycles. The van der Waals surface area contributed by atoms with Crippen LogP contribution in [0.2, 0.25) is 0 Å². The SMILES string of the molecule is Cc1ccc(S(=O)(=O)NCCC(=O)NCCC2CCCCC2)cc1C. The van der Waals surface area contributed by atoms with Crippen LogP contribution < -0.4 is 10.0 Å². The van der Waals surface area contributed by atoms with Gasteiger partial charge >= 0.3 is 0 Å². The van der Waals surface area contributed by atoms with Crippen molar-refractivity contribution in [3.63, 3.8) is 0 Å². The summed E-state index contributed by atoms with van der Waals surface area (Å²) < 4.78 is 27.0. The smallest absolute Gasteiger partial charge is 0.240 e. The maximum Gasteiger partial charge on any atom is 0.240 e. The maximum atomic E-state index is 12.3. The third-order valence-corrected chi connectivity index (χ3v) is 6.49. The van der Waals surface area contributed by atoms with Crippen LogP contribution >= 0.6 is 0 Å². The van der Waals surface area contributed by atoms with E-state index in [0.29, 0.717) is 6.54 Å². The minimum absolute atomic E-state index is 0.0985. The van der Waals surface area contributed by atoms with Crippen molar-refractivity contribution in [3.05, 3.63) is 29.3 Å². The van der Waals surface area contributed by atoms with E-state index < -0.39 is 10.0 Å². The summed E-state index contributed by atoms with van der Waals surface area (Å²) in [5.74, 6) is 0.635. The molecule has 0 saturated heterocycles. The van der Waals surface area contributed by atoms with Crippen LogP contribution in [0.1, 0.15) is 56.1 Å². The number of carbonyl (C=O) groups is 1. The number of hydrogen-bond donors (Lipinski definition) is 2. The van der Waals surface area contributed by atoms with E-state index in [0.717, 1.165) is 23.5 Å². The van der Waals surface area contributed by atoms with Gasteiger partial charge in [-0.3, -0.25) is 4.79 Å². The highest BCUT2D eigenvalue weighted by molar-refractivity contribution is 7.89. The van der Waals surface area contributed by atoms with Crippen LogP contribution in [0.15, 0.2) is 23.1 Å². The second-order valence-electron chi connectivity index (χ2n) is 7.04. The summed E-state index contributed by atoms with van der Waals surface area (Å²) in [6.45, 7) is 4.63. The van der Waals surface area contributed by atoms with Gasteiger partial charge in [0.05, 0.1) is 4.90 Å². The number of aryl methyl sites for hydroxylation is 2. The molecule has 6 heteroatoms. The Balaban J connectivity index is 1.69. The molecule has 1 aliphatic rings. The van der Waals surface area contributed by atoms with Crippen molar-refractivity contribution in [2.45, 2.75) is 63.7 Å². The largest absolute Gasteiger partial charge is 0.356 e. The molecule has 1 aliphatic carbocycles. The van der Waals surface area contributed by atoms with Gasteiger partial charge in [0, 0.05) is 19.5 Å². The molecule has 0 radical (unpaired) electrons. The molecule has 25 heavy (non-hydrogen) atoms. The number of carbonyl (C=O) groups excluding carboxylic acids is 1. The fraction of sp³-hybridized carbons (Fsp3) is 0.632. The predicted octanol–water partition coefficient (Wildman–Crippen LogP) is 3.06. The van der Waals surface area contributed by atoms with Crippen LogP contribution in [0.3, 0.4) is 0 Å². The summed E-state index contributed by atoms with van der Waals surface area (Å²) in [7, 11) is -3.56. The Labute approximate surface area is 151 Å². The molecule has 0 aliphatic heterocycles. The Morgan fingerprint density at radius 2 is 1.80 bits per heavy atom. The number of sulfonamides is 1. The average molecular weight is 367 g/mol. The van der Waals surface area contributed by atoms with E-state index in [9.17, 15) is 13.2 Å². The summed E-state index contributed by atoms with van der Waals surface area (Å²) in [6, 6.07) is 5.04. The molecule has 140 valence electrons. The number of amides is 1. The summed E-state index contributed by atoms with van der Waals surface area (Å²) in [6.07, 6.45) is 7.67. The van der Waals surface area contributed by atoms with Crippen molar-refractivity contribution in [3.8, 4) is 0 Å². The van der Waals surface area contributed by atoms with E-state index in [1.807, 2.05) is 13.8 Å². The summed E-state index contributed by atoms with van der Waals surface area (Å²) >= 11 is 0. The molecule has 2 N–H and O–H groups in total. The molecule has 0 aromatic heterocycles. The van der Waals surface area contributed by atoms with Gasteiger partial charge in [0.2, 0.25) is 15.9 Å². The van der Waals surface area contributed by atoms with E-state index >= 15 is 0 Å². The van der Waals surface area contributed by atoms with Crippen LogP contribution in [-0.2, 0) is 14.8 Å². The first kappa shape index (κ1) is 19.9. The molecular formula is C19H30N2O3S. The van der Waals surface area contributed by atoms with E-state index in [2.05, 4.69) is 10.0 Å². The van der Waals surface area contributed by atoms with Gasteiger partial charge in [-0.05, 0) is 49.4 Å². The standard InChI is InChI=1S/C19H30N2O3S/c1-15-8-9-18(14-16(15)2)25(23,24)21-13-11-19(22)20-12-10-17-6-4-3-5-7-17/h8-9,14,17,21H,3-7,10-13H2,1-2H3,(H,20,22). The van der Waals surface area contributed by atoms with Gasteiger partial charge in [-0.25, -0.2) is 13.1 Å². The third-order valence-electron chi connectivity index (χ3n) is 5.03. The van der Waals surface area contributed by atoms with Gasteiger partial charge < -0.3 is 5.32 Å². The topological polar surface area (TPSA) is 75.3 Å². The monoisotopic (exact) mass is 366 g/mol. The minimum Gasteiger partial charge on any atom is -0.356 e. The van der Waals surface area contributed by atoms with Gasteiger partial charge in [-0.1, -0.05) is 38.2 Å². The van der Waals surface area contributed by atoms with E-state index in [1.165, 1.54) is 32.1 Å². The van der Waals surface area contributed by atoms with Crippen molar-refractivity contribution in [2.75, 3.05) is 13.1 Å². The second kappa shape index (κ2) is 9.34. The van der Waals surface area contributed by atoms with Gasteiger partial charge in [-0.15, -0.1) is 0 Å². The first-order chi connectivity index (χ1) is 11.9. The number of hydrogen-bond acceptors (Lipinski definition) is 3. The van der Waals surface area contributed by atoms with Crippen molar-refractivity contribution in [1.82, 2.24) is 10.0 Å². The first-order valence-electron chi connectivity index (χ1n) is 9.22. The molecule has 1 saturated carbocycles. The zero-order valence-electron chi connectivity index (χ0n) is 15.3. The molecule has 0 atom stereocenters. The number of nitrogens with one attached hydrogen (secondary N) is 2. The third kappa shape index (κ3) is 6.44. The molecular weight excluding hydrogens is 336 g/mol. The minimum atomic E-state index is -3.56. The van der Waals surface area contributed by atoms with Gasteiger partial charge in [0.15, 0.2) is 0 Å². The Hall–Kier alpha value is -1.40. The molecule has 1 amide bonds. The summed E-state index contributed by atoms with van der Waals surface area (Å²) in [5, 5.41) is 2.90. The molecule has 0 spiro atoms. The molecule has 0 bridgehead atoms. The second-order valence-corrected chi connectivity index (χ2v) is 8.80. The van der Waals surface area contributed by atoms with Gasteiger partial charge in [0.25, 0.3) is 0 Å². The fourth-order valence-corrected chi connectivity index (χ4v) is 4.36. The highest BCUT2D eigenvalue weighted by Gasteiger charge is 2.16. The summed E-state index contributed by atoms with van der Waals surface area (Å²) in [4.78, 5) is 12.1. The lowest BCUT2D eigenvalue weighted by Crippen LogP contribution is -2.31. The lowest BCUT2D eigenvalue weighted by Gasteiger charge is -2.21. The van der Waals surface area contributed by atoms with Crippen molar-refractivity contribution in [2.24, 2.45) is 5.92 Å². The summed E-state index contributed by atoms with van der Waals surface area (Å²) in [5.41, 5.74) is 1.99. The van der Waals surface area contributed by atoms with Gasteiger partial charge in [-0.2, -0.15) is 0 Å². The number of rotatable bonds is 8. The van der Waals surface area contributed by atoms with E-state index in [4.69, 9.17) is 0 Å². The molecule has 1 fully saturated rings. The molecule has 5 nitrogen and oxygen atoms in total. The Bertz CT molecular complexity index is 680. The highest BCUT2D eigenvalue weighted by Crippen LogP contribution is 2.25. The maximum absolute atomic E-state index is 12.3. The molecule has 1 aromatic rings. The van der Waals surface area contributed by atoms with Crippen molar-refractivity contribution in [1.29, 1.82) is 0 Å². The van der Waals surface area contributed by atoms with E-state index in [1.54, 1.807) is 18.2 Å². The van der Waals surface area contributed by atoms with Gasteiger partial charge in [0.1, 0.15) is 0 Å². The predicted molar refractivity (Wildman–Crippen MR) is 99.9 cm³/mol. The van der Waals surface area contributed by atoms with Crippen molar-refractivity contribution < 1.29 is 13.2 Å². The quantitative estimate of drug-likeness (QED) is 0.742. The van der Waals surface area contributed by atoms with Crippen LogP contribution in [0.4, 0.5) is 0 Å². The molecule has 2 rings (SSSR count). The van der Waals surface area contributed by atoms with Crippen LogP contribution in [0.5, 0.6) is 0 Å². The van der Waals surface area contributed by atoms with Crippen LogP contribution in [0.25, 0.3) is 0 Å². The Morgan fingerprint density at radius 3 is 2.48 bits per heavy atom. The average Bonchev–Trinajstić information content (AvgIpc) is 2.58. The molecule has 0 unspecified atom stereocenters. The molecule has 1 aromatic carbocycles. The van der Waals surface area contributed by atoms with E-state index in [-0.39, 0.29) is 23.8 Å². The van der Waals surface area contributed by atoms with Crippen LogP contribution in [0, 0.1) is 19.8 Å². The fourth-order valence-electron chi connectivity index (χ4n) is 3.24. The lowest BCUT2D eigenvalue weighted by molar-refractivity contribution is -0.120. The highest BCUT2D eigenvalue weighted by atomic mass is 32.2. The Kier molecular flexibility index (Phi) is 7.44. The zero-order chi connectivity index (χ0) is 18.3. The van der Waals surface area contributed by atoms with Crippen LogP contribution in [-0.4, -0.2) is 27.4 Å². The lowest BCUT2D eigenvalue weighted by atomic mass is 9.87. The first-order valence-corrected chi connectivity index (χ1v) is 10.7. The zero-order valence-corrected chi connectivity index (χ0v) is 16.1. The normalized spacial score (nSPS) is 15.9. The Morgan fingerprint density at radius 1 is 1.08 bits per heavy atom. The van der Waals surface area contributed by atoms with Crippen molar-refractivity contribution >= 4 is 15.9 Å².